The predicted octanol–water partition coefficient (Wildman–Crippen LogP) is 1.46. The predicted molar refractivity (Wildman–Crippen MR) is 63.9 cm³/mol. The van der Waals surface area contributed by atoms with Crippen molar-refractivity contribution < 1.29 is 13.6 Å². The molecule has 0 aliphatic heterocycles. The van der Waals surface area contributed by atoms with Crippen LogP contribution in [0.4, 0.5) is 8.78 Å². The van der Waals surface area contributed by atoms with E-state index in [2.05, 4.69) is 0 Å². The first kappa shape index (κ1) is 13.0. The molecule has 0 aromatic heterocycles. The van der Waals surface area contributed by atoms with Crippen molar-refractivity contribution in [3.05, 3.63) is 35.4 Å². The lowest BCUT2D eigenvalue weighted by Crippen LogP contribution is -2.44. The molecule has 2 rings (SSSR count). The molecule has 1 fully saturated rings. The van der Waals surface area contributed by atoms with E-state index in [0.29, 0.717) is 18.5 Å². The van der Waals surface area contributed by atoms with Gasteiger partial charge in [0.05, 0.1) is 5.54 Å². The van der Waals surface area contributed by atoms with Gasteiger partial charge in [0.15, 0.2) is 11.6 Å². The first-order valence-corrected chi connectivity index (χ1v) is 5.91. The van der Waals surface area contributed by atoms with E-state index >= 15 is 0 Å². The van der Waals surface area contributed by atoms with Crippen LogP contribution in [0.25, 0.3) is 0 Å². The van der Waals surface area contributed by atoms with E-state index in [1.807, 2.05) is 0 Å². The quantitative estimate of drug-likeness (QED) is 0.884. The molecule has 1 saturated carbocycles. The average molecular weight is 254 g/mol. The number of hydrogen-bond donors (Lipinski definition) is 1. The highest BCUT2D eigenvalue weighted by Crippen LogP contribution is 2.33. The van der Waals surface area contributed by atoms with Gasteiger partial charge in [-0.3, -0.25) is 4.79 Å². The minimum atomic E-state index is -0.862. The lowest BCUT2D eigenvalue weighted by molar-refractivity contribution is -0.132. The molecule has 3 nitrogen and oxygen atoms in total. The number of hydrogen-bond acceptors (Lipinski definition) is 2. The molecule has 2 N–H and O–H groups in total. The van der Waals surface area contributed by atoms with Gasteiger partial charge in [-0.1, -0.05) is 6.07 Å². The van der Waals surface area contributed by atoms with E-state index in [1.54, 1.807) is 11.9 Å². The summed E-state index contributed by atoms with van der Waals surface area (Å²) in [5.41, 5.74) is 5.79. The molecule has 98 valence electrons. The molecule has 5 heteroatoms. The second-order valence-corrected chi connectivity index (χ2v) is 4.88. The highest BCUT2D eigenvalue weighted by molar-refractivity contribution is 5.88. The molecule has 0 saturated heterocycles. The molecule has 0 spiro atoms. The Balaban J connectivity index is 1.91. The third kappa shape index (κ3) is 2.67. The molecule has 0 heterocycles. The van der Waals surface area contributed by atoms with E-state index < -0.39 is 17.2 Å². The van der Waals surface area contributed by atoms with Gasteiger partial charge in [-0.15, -0.1) is 0 Å². The Morgan fingerprint density at radius 2 is 2.06 bits per heavy atom. The normalized spacial score (nSPS) is 16.4. The summed E-state index contributed by atoms with van der Waals surface area (Å²) in [6, 6.07) is 3.77. The van der Waals surface area contributed by atoms with E-state index in [1.165, 1.54) is 6.07 Å². The van der Waals surface area contributed by atoms with Crippen molar-refractivity contribution in [1.82, 2.24) is 4.90 Å². The Morgan fingerprint density at radius 1 is 1.39 bits per heavy atom. The van der Waals surface area contributed by atoms with Crippen molar-refractivity contribution in [3.63, 3.8) is 0 Å². The van der Waals surface area contributed by atoms with Gasteiger partial charge in [0.2, 0.25) is 5.91 Å². The van der Waals surface area contributed by atoms with Crippen LogP contribution in [-0.2, 0) is 11.2 Å². The number of carbonyl (C=O) groups is 1. The van der Waals surface area contributed by atoms with Gasteiger partial charge < -0.3 is 10.6 Å². The third-order valence-electron chi connectivity index (χ3n) is 3.28. The Kier molecular flexibility index (Phi) is 3.34. The molecule has 1 aliphatic rings. The standard InChI is InChI=1S/C13H16F2N2O/c1-17(12(18)13(16)5-6-13)7-4-9-2-3-10(14)11(15)8-9/h2-3,8H,4-7,16H2,1H3. The molecule has 0 bridgehead atoms. The fourth-order valence-corrected chi connectivity index (χ4v) is 1.82. The number of carbonyl (C=O) groups excluding carboxylic acids is 1. The highest BCUT2D eigenvalue weighted by atomic mass is 19.2. The van der Waals surface area contributed by atoms with Crippen molar-refractivity contribution in [2.75, 3.05) is 13.6 Å². The third-order valence-corrected chi connectivity index (χ3v) is 3.28. The van der Waals surface area contributed by atoms with Crippen LogP contribution >= 0.6 is 0 Å². The Morgan fingerprint density at radius 3 is 2.61 bits per heavy atom. The molecular formula is C13H16F2N2O. The lowest BCUT2D eigenvalue weighted by atomic mass is 10.1. The van der Waals surface area contributed by atoms with Crippen LogP contribution in [-0.4, -0.2) is 29.9 Å². The van der Waals surface area contributed by atoms with Gasteiger partial charge in [0, 0.05) is 13.6 Å². The minimum absolute atomic E-state index is 0.0786. The Bertz CT molecular complexity index is 472. The summed E-state index contributed by atoms with van der Waals surface area (Å²) in [5, 5.41) is 0. The number of amides is 1. The monoisotopic (exact) mass is 254 g/mol. The molecule has 1 aliphatic carbocycles. The summed E-state index contributed by atoms with van der Waals surface area (Å²) in [6.45, 7) is 0.447. The number of halogens is 2. The van der Waals surface area contributed by atoms with Crippen LogP contribution < -0.4 is 5.73 Å². The van der Waals surface area contributed by atoms with Crippen molar-refractivity contribution in [1.29, 1.82) is 0 Å². The smallest absolute Gasteiger partial charge is 0.242 e. The van der Waals surface area contributed by atoms with E-state index in [4.69, 9.17) is 5.73 Å². The fourth-order valence-electron chi connectivity index (χ4n) is 1.82. The van der Waals surface area contributed by atoms with Crippen LogP contribution in [0, 0.1) is 11.6 Å². The lowest BCUT2D eigenvalue weighted by Gasteiger charge is -2.20. The molecule has 18 heavy (non-hydrogen) atoms. The fraction of sp³-hybridized carbons (Fsp3) is 0.462. The molecule has 1 amide bonds. The number of likely N-dealkylation sites (N-methyl/N-ethyl adjacent to an activating group) is 1. The zero-order chi connectivity index (χ0) is 13.3. The SMILES string of the molecule is CN(CCc1ccc(F)c(F)c1)C(=O)C1(N)CC1. The van der Waals surface area contributed by atoms with Crippen LogP contribution in [0.5, 0.6) is 0 Å². The van der Waals surface area contributed by atoms with Crippen molar-refractivity contribution in [2.24, 2.45) is 5.73 Å². The number of nitrogens with two attached hydrogens (primary N) is 1. The second kappa shape index (κ2) is 4.65. The maximum Gasteiger partial charge on any atom is 0.242 e. The number of nitrogens with zero attached hydrogens (tertiary/aromatic N) is 1. The van der Waals surface area contributed by atoms with Gasteiger partial charge in [-0.25, -0.2) is 8.78 Å². The van der Waals surface area contributed by atoms with E-state index in [0.717, 1.165) is 25.0 Å². The molecule has 1 aromatic rings. The van der Waals surface area contributed by atoms with Crippen LogP contribution in [0.3, 0.4) is 0 Å². The number of rotatable bonds is 4. The van der Waals surface area contributed by atoms with E-state index in [9.17, 15) is 13.6 Å². The minimum Gasteiger partial charge on any atom is -0.344 e. The zero-order valence-electron chi connectivity index (χ0n) is 10.2. The Labute approximate surface area is 105 Å². The van der Waals surface area contributed by atoms with Gasteiger partial charge >= 0.3 is 0 Å². The van der Waals surface area contributed by atoms with Gasteiger partial charge in [0.25, 0.3) is 0 Å². The zero-order valence-corrected chi connectivity index (χ0v) is 10.2. The summed E-state index contributed by atoms with van der Waals surface area (Å²) in [7, 11) is 1.68. The van der Waals surface area contributed by atoms with Crippen molar-refractivity contribution in [2.45, 2.75) is 24.8 Å². The summed E-state index contributed by atoms with van der Waals surface area (Å²) in [4.78, 5) is 13.4. The Hall–Kier alpha value is -1.49. The molecule has 0 atom stereocenters. The van der Waals surface area contributed by atoms with Crippen LogP contribution in [0.15, 0.2) is 18.2 Å². The molecule has 1 aromatic carbocycles. The molecule has 0 unspecified atom stereocenters. The summed E-state index contributed by atoms with van der Waals surface area (Å²) in [5.74, 6) is -1.80. The van der Waals surface area contributed by atoms with Crippen LogP contribution in [0.2, 0.25) is 0 Å². The summed E-state index contributed by atoms with van der Waals surface area (Å²) in [6.07, 6.45) is 1.93. The highest BCUT2D eigenvalue weighted by Gasteiger charge is 2.47. The molecular weight excluding hydrogens is 238 g/mol. The van der Waals surface area contributed by atoms with Gasteiger partial charge in [-0.05, 0) is 37.0 Å². The average Bonchev–Trinajstić information content (AvgIpc) is 3.09. The number of benzene rings is 1. The molecule has 0 radical (unpaired) electrons. The summed E-state index contributed by atoms with van der Waals surface area (Å²) < 4.78 is 25.7. The van der Waals surface area contributed by atoms with E-state index in [-0.39, 0.29) is 5.91 Å². The maximum atomic E-state index is 13.0. The first-order valence-electron chi connectivity index (χ1n) is 5.91. The summed E-state index contributed by atoms with van der Waals surface area (Å²) >= 11 is 0. The first-order chi connectivity index (χ1) is 8.42. The van der Waals surface area contributed by atoms with Crippen LogP contribution in [0.1, 0.15) is 18.4 Å². The van der Waals surface area contributed by atoms with Crippen molar-refractivity contribution >= 4 is 5.91 Å². The van der Waals surface area contributed by atoms with Gasteiger partial charge in [0.1, 0.15) is 0 Å². The maximum absolute atomic E-state index is 13.0. The van der Waals surface area contributed by atoms with Gasteiger partial charge in [-0.2, -0.15) is 0 Å². The topological polar surface area (TPSA) is 46.3 Å². The van der Waals surface area contributed by atoms with Crippen molar-refractivity contribution in [3.8, 4) is 0 Å². The largest absolute Gasteiger partial charge is 0.344 e. The second-order valence-electron chi connectivity index (χ2n) is 4.88.